The molecule has 6 aromatic rings. The van der Waals surface area contributed by atoms with Gasteiger partial charge in [0.2, 0.25) is 6.54 Å². The zero-order valence-corrected chi connectivity index (χ0v) is 21.0. The van der Waals surface area contributed by atoms with Gasteiger partial charge in [-0.1, -0.05) is 65.4 Å². The molecule has 1 unspecified atom stereocenters. The van der Waals surface area contributed by atoms with Crippen LogP contribution in [0, 0.1) is 17.0 Å². The highest BCUT2D eigenvalue weighted by Crippen LogP contribution is 2.42. The third-order valence-electron chi connectivity index (χ3n) is 6.47. The van der Waals surface area contributed by atoms with Crippen LogP contribution in [-0.4, -0.2) is 36.2 Å². The molecule has 1 atom stereocenters. The molecule has 11 heteroatoms. The van der Waals surface area contributed by atoms with Gasteiger partial charge in [-0.3, -0.25) is 14.9 Å². The number of aromatic nitrogens is 5. The van der Waals surface area contributed by atoms with E-state index in [0.717, 1.165) is 11.1 Å². The molecule has 0 spiro atoms. The summed E-state index contributed by atoms with van der Waals surface area (Å²) in [6.45, 7) is 1.58. The molecule has 0 saturated carbocycles. The van der Waals surface area contributed by atoms with Crippen molar-refractivity contribution in [3.63, 3.8) is 0 Å². The Morgan fingerprint density at radius 1 is 0.974 bits per heavy atom. The van der Waals surface area contributed by atoms with Gasteiger partial charge in [-0.25, -0.2) is 0 Å². The third-order valence-corrected chi connectivity index (χ3v) is 7.60. The lowest BCUT2D eigenvalue weighted by atomic mass is 9.95. The standard InChI is InChI=1S/C27H21N7O3S/c1-16-11-13-18(14-12-16)33-27(35)23-22(26(30-33)34-21-10-6-5-9-20(21)29-31-34)24(38-25(23)28)19(15-32(36)37)17-7-3-2-4-8-17/h2-14,19H,15,28H2,1H3. The lowest BCUT2D eigenvalue weighted by molar-refractivity contribution is -0.481. The minimum atomic E-state index is -0.652. The van der Waals surface area contributed by atoms with Crippen LogP contribution in [0.3, 0.4) is 0 Å². The monoisotopic (exact) mass is 523 g/mol. The number of nitro groups is 1. The van der Waals surface area contributed by atoms with Gasteiger partial charge in [0.25, 0.3) is 5.56 Å². The number of hydrogen-bond acceptors (Lipinski definition) is 8. The summed E-state index contributed by atoms with van der Waals surface area (Å²) in [5.74, 6) is -0.331. The number of fused-ring (bicyclic) bond motifs is 2. The topological polar surface area (TPSA) is 135 Å². The van der Waals surface area contributed by atoms with Gasteiger partial charge < -0.3 is 5.73 Å². The Hall–Kier alpha value is -4.90. The van der Waals surface area contributed by atoms with Crippen LogP contribution in [0.4, 0.5) is 5.00 Å². The first-order chi connectivity index (χ1) is 18.4. The first kappa shape index (κ1) is 23.5. The van der Waals surface area contributed by atoms with Crippen molar-refractivity contribution in [3.05, 3.63) is 115 Å². The molecule has 0 bridgehead atoms. The summed E-state index contributed by atoms with van der Waals surface area (Å²) in [4.78, 5) is 25.9. The van der Waals surface area contributed by atoms with Crippen molar-refractivity contribution in [3.8, 4) is 11.5 Å². The Bertz CT molecular complexity index is 1880. The van der Waals surface area contributed by atoms with E-state index in [2.05, 4.69) is 10.3 Å². The molecule has 3 aromatic carbocycles. The number of nitrogens with two attached hydrogens (primary N) is 1. The zero-order chi connectivity index (χ0) is 26.4. The number of thiophene rings is 1. The maximum absolute atomic E-state index is 13.9. The maximum atomic E-state index is 13.9. The second kappa shape index (κ2) is 9.20. The van der Waals surface area contributed by atoms with E-state index < -0.39 is 11.5 Å². The Morgan fingerprint density at radius 3 is 2.42 bits per heavy atom. The second-order valence-electron chi connectivity index (χ2n) is 8.93. The molecule has 2 N–H and O–H groups in total. The number of rotatable bonds is 6. The highest BCUT2D eigenvalue weighted by molar-refractivity contribution is 7.18. The van der Waals surface area contributed by atoms with Gasteiger partial charge in [0.05, 0.1) is 32.9 Å². The molecular weight excluding hydrogens is 502 g/mol. The van der Waals surface area contributed by atoms with E-state index in [4.69, 9.17) is 10.8 Å². The number of nitrogen functional groups attached to an aromatic ring is 1. The molecule has 0 saturated heterocycles. The van der Waals surface area contributed by atoms with E-state index in [1.807, 2.05) is 85.8 Å². The molecule has 0 aliphatic heterocycles. The van der Waals surface area contributed by atoms with Crippen molar-refractivity contribution in [2.24, 2.45) is 0 Å². The molecular formula is C27H21N7O3S. The fourth-order valence-corrected chi connectivity index (χ4v) is 5.83. The van der Waals surface area contributed by atoms with Crippen molar-refractivity contribution >= 4 is 38.1 Å². The van der Waals surface area contributed by atoms with E-state index >= 15 is 0 Å². The smallest absolute Gasteiger partial charge is 0.282 e. The summed E-state index contributed by atoms with van der Waals surface area (Å²) in [5.41, 5.74) is 9.74. The minimum Gasteiger partial charge on any atom is -0.390 e. The summed E-state index contributed by atoms with van der Waals surface area (Å²) >= 11 is 1.17. The van der Waals surface area contributed by atoms with Crippen LogP contribution in [0.1, 0.15) is 21.9 Å². The number of benzene rings is 3. The predicted molar refractivity (Wildman–Crippen MR) is 147 cm³/mol. The number of hydrogen-bond donors (Lipinski definition) is 1. The average molecular weight is 524 g/mol. The molecule has 3 aromatic heterocycles. The van der Waals surface area contributed by atoms with Gasteiger partial charge in [-0.2, -0.15) is 9.36 Å². The van der Waals surface area contributed by atoms with Gasteiger partial charge in [0.15, 0.2) is 5.82 Å². The third kappa shape index (κ3) is 3.89. The lowest BCUT2D eigenvalue weighted by Gasteiger charge is -2.15. The van der Waals surface area contributed by atoms with Gasteiger partial charge in [-0.05, 0) is 36.8 Å². The predicted octanol–water partition coefficient (Wildman–Crippen LogP) is 4.48. The van der Waals surface area contributed by atoms with Crippen molar-refractivity contribution < 1.29 is 4.92 Å². The van der Waals surface area contributed by atoms with Crippen LogP contribution in [0.25, 0.3) is 33.3 Å². The first-order valence-corrected chi connectivity index (χ1v) is 12.6. The van der Waals surface area contributed by atoms with E-state index in [9.17, 15) is 14.9 Å². The van der Waals surface area contributed by atoms with Crippen LogP contribution in [0.15, 0.2) is 83.7 Å². The maximum Gasteiger partial charge on any atom is 0.282 e. The minimum absolute atomic E-state index is 0.249. The first-order valence-electron chi connectivity index (χ1n) is 11.8. The average Bonchev–Trinajstić information content (AvgIpc) is 3.50. The van der Waals surface area contributed by atoms with E-state index in [1.54, 1.807) is 4.68 Å². The Labute approximate surface area is 219 Å². The zero-order valence-electron chi connectivity index (χ0n) is 20.2. The largest absolute Gasteiger partial charge is 0.390 e. The number of anilines is 1. The molecule has 0 aliphatic rings. The van der Waals surface area contributed by atoms with Crippen LogP contribution in [0.2, 0.25) is 0 Å². The van der Waals surface area contributed by atoms with Crippen LogP contribution >= 0.6 is 11.3 Å². The second-order valence-corrected chi connectivity index (χ2v) is 10.0. The molecule has 0 fully saturated rings. The normalized spacial score (nSPS) is 12.2. The van der Waals surface area contributed by atoms with Crippen LogP contribution in [0.5, 0.6) is 0 Å². The molecule has 0 aliphatic carbocycles. The highest BCUT2D eigenvalue weighted by atomic mass is 32.1. The Morgan fingerprint density at radius 2 is 1.68 bits per heavy atom. The molecule has 3 heterocycles. The fourth-order valence-electron chi connectivity index (χ4n) is 4.65. The molecule has 0 amide bonds. The van der Waals surface area contributed by atoms with Crippen molar-refractivity contribution in [2.75, 3.05) is 12.3 Å². The van der Waals surface area contributed by atoms with Crippen LogP contribution in [-0.2, 0) is 0 Å². The van der Waals surface area contributed by atoms with Crippen LogP contribution < -0.4 is 11.3 Å². The van der Waals surface area contributed by atoms with Gasteiger partial charge in [0, 0.05) is 9.80 Å². The SMILES string of the molecule is Cc1ccc(-n2nc(-n3nnc4ccccc43)c3c(C(C[N+](=O)[O-])c4ccccc4)sc(N)c3c2=O)cc1. The van der Waals surface area contributed by atoms with E-state index in [1.165, 1.54) is 16.0 Å². The highest BCUT2D eigenvalue weighted by Gasteiger charge is 2.30. The summed E-state index contributed by atoms with van der Waals surface area (Å²) in [5, 5.41) is 26.1. The lowest BCUT2D eigenvalue weighted by Crippen LogP contribution is -2.24. The summed E-state index contributed by atoms with van der Waals surface area (Å²) < 4.78 is 2.86. The summed E-state index contributed by atoms with van der Waals surface area (Å²) in [6, 6.07) is 24.0. The fraction of sp³-hybridized carbons (Fsp3) is 0.111. The van der Waals surface area contributed by atoms with Gasteiger partial charge in [0.1, 0.15) is 5.52 Å². The Balaban J connectivity index is 1.73. The number of aryl methyl sites for hydroxylation is 1. The van der Waals surface area contributed by atoms with Crippen molar-refractivity contribution in [2.45, 2.75) is 12.8 Å². The summed E-state index contributed by atoms with van der Waals surface area (Å²) in [6.07, 6.45) is 0. The molecule has 38 heavy (non-hydrogen) atoms. The Kier molecular flexibility index (Phi) is 5.69. The van der Waals surface area contributed by atoms with Crippen molar-refractivity contribution in [1.82, 2.24) is 24.8 Å². The molecule has 6 rings (SSSR count). The summed E-state index contributed by atoms with van der Waals surface area (Å²) in [7, 11) is 0. The van der Waals surface area contributed by atoms with Crippen molar-refractivity contribution in [1.29, 1.82) is 0 Å². The van der Waals surface area contributed by atoms with E-state index in [0.29, 0.717) is 32.8 Å². The quantitative estimate of drug-likeness (QED) is 0.251. The molecule has 10 nitrogen and oxygen atoms in total. The number of nitrogens with zero attached hydrogens (tertiary/aromatic N) is 6. The molecule has 0 radical (unpaired) electrons. The van der Waals surface area contributed by atoms with Gasteiger partial charge >= 0.3 is 0 Å². The van der Waals surface area contributed by atoms with Gasteiger partial charge in [-0.15, -0.1) is 21.5 Å². The van der Waals surface area contributed by atoms with E-state index in [-0.39, 0.29) is 21.9 Å². The molecule has 188 valence electrons. The number of para-hydroxylation sites is 1.